The second-order valence-electron chi connectivity index (χ2n) is 5.04. The molecular formula is C12H19NO3. The second kappa shape index (κ2) is 4.44. The van der Waals surface area contributed by atoms with Gasteiger partial charge in [-0.1, -0.05) is 0 Å². The van der Waals surface area contributed by atoms with Crippen LogP contribution in [0.25, 0.3) is 0 Å². The number of nitrogens with zero attached hydrogens (tertiary/aromatic N) is 1. The normalized spacial score (nSPS) is 33.6. The van der Waals surface area contributed by atoms with Gasteiger partial charge in [-0.3, -0.25) is 9.59 Å². The van der Waals surface area contributed by atoms with Crippen LogP contribution >= 0.6 is 0 Å². The molecule has 2 fully saturated rings. The average Bonchev–Trinajstić information content (AvgIpc) is 2.98. The van der Waals surface area contributed by atoms with Gasteiger partial charge in [-0.05, 0) is 38.0 Å². The van der Waals surface area contributed by atoms with Crippen LogP contribution in [0, 0.1) is 11.8 Å². The number of rotatable bonds is 3. The number of piperidine rings is 1. The van der Waals surface area contributed by atoms with Crippen LogP contribution in [-0.4, -0.2) is 34.5 Å². The molecule has 3 atom stereocenters. The third kappa shape index (κ3) is 2.36. The van der Waals surface area contributed by atoms with E-state index >= 15 is 0 Å². The van der Waals surface area contributed by atoms with E-state index in [1.54, 1.807) is 6.92 Å². The molecular weight excluding hydrogens is 206 g/mol. The van der Waals surface area contributed by atoms with Gasteiger partial charge in [-0.2, -0.15) is 0 Å². The molecule has 0 spiro atoms. The van der Waals surface area contributed by atoms with Crippen LogP contribution < -0.4 is 0 Å². The Bertz CT molecular complexity index is 303. The summed E-state index contributed by atoms with van der Waals surface area (Å²) in [7, 11) is 0. The fraction of sp³-hybridized carbons (Fsp3) is 0.833. The zero-order valence-electron chi connectivity index (χ0n) is 9.69. The topological polar surface area (TPSA) is 57.6 Å². The van der Waals surface area contributed by atoms with E-state index in [0.29, 0.717) is 12.0 Å². The van der Waals surface area contributed by atoms with Gasteiger partial charge in [0.25, 0.3) is 0 Å². The van der Waals surface area contributed by atoms with Crippen molar-refractivity contribution in [3.8, 4) is 0 Å². The SMILES string of the molecule is CC(=O)N1CCCCC1C[C@@H]1C[C@H]1C(=O)O. The Kier molecular flexibility index (Phi) is 3.17. The van der Waals surface area contributed by atoms with Crippen LogP contribution in [0.3, 0.4) is 0 Å². The highest BCUT2D eigenvalue weighted by molar-refractivity contribution is 5.74. The first-order valence-corrected chi connectivity index (χ1v) is 6.09. The molecule has 1 saturated heterocycles. The van der Waals surface area contributed by atoms with Crippen molar-refractivity contribution in [3.63, 3.8) is 0 Å². The molecule has 1 amide bonds. The molecule has 1 aliphatic carbocycles. The summed E-state index contributed by atoms with van der Waals surface area (Å²) in [5.74, 6) is -0.370. The monoisotopic (exact) mass is 225 g/mol. The highest BCUT2D eigenvalue weighted by Crippen LogP contribution is 2.43. The molecule has 0 bridgehead atoms. The smallest absolute Gasteiger partial charge is 0.306 e. The van der Waals surface area contributed by atoms with E-state index in [2.05, 4.69) is 0 Å². The minimum Gasteiger partial charge on any atom is -0.481 e. The Morgan fingerprint density at radius 3 is 2.69 bits per heavy atom. The van der Waals surface area contributed by atoms with Gasteiger partial charge in [0.15, 0.2) is 0 Å². The number of hydrogen-bond donors (Lipinski definition) is 1. The molecule has 1 saturated carbocycles. The molecule has 1 N–H and O–H groups in total. The predicted octanol–water partition coefficient (Wildman–Crippen LogP) is 1.50. The van der Waals surface area contributed by atoms with E-state index in [1.807, 2.05) is 4.90 Å². The van der Waals surface area contributed by atoms with Gasteiger partial charge in [0, 0.05) is 19.5 Å². The summed E-state index contributed by atoms with van der Waals surface area (Å²) in [4.78, 5) is 24.1. The van der Waals surface area contributed by atoms with Crippen LogP contribution in [0.2, 0.25) is 0 Å². The maximum atomic E-state index is 11.4. The van der Waals surface area contributed by atoms with Crippen molar-refractivity contribution < 1.29 is 14.7 Å². The molecule has 4 nitrogen and oxygen atoms in total. The third-order valence-corrected chi connectivity index (χ3v) is 3.85. The summed E-state index contributed by atoms with van der Waals surface area (Å²) < 4.78 is 0. The molecule has 1 unspecified atom stereocenters. The van der Waals surface area contributed by atoms with Crippen molar-refractivity contribution in [3.05, 3.63) is 0 Å². The fourth-order valence-corrected chi connectivity index (χ4v) is 2.82. The molecule has 1 aliphatic heterocycles. The van der Waals surface area contributed by atoms with Crippen molar-refractivity contribution >= 4 is 11.9 Å². The Balaban J connectivity index is 1.88. The number of carboxylic acids is 1. The molecule has 0 aromatic carbocycles. The molecule has 0 aromatic heterocycles. The van der Waals surface area contributed by atoms with Crippen molar-refractivity contribution in [1.29, 1.82) is 0 Å². The summed E-state index contributed by atoms with van der Waals surface area (Å²) in [5, 5.41) is 8.85. The van der Waals surface area contributed by atoms with E-state index in [9.17, 15) is 9.59 Å². The lowest BCUT2D eigenvalue weighted by molar-refractivity contribution is -0.138. The third-order valence-electron chi connectivity index (χ3n) is 3.85. The zero-order chi connectivity index (χ0) is 11.7. The summed E-state index contributed by atoms with van der Waals surface area (Å²) in [5.41, 5.74) is 0. The number of aliphatic carboxylic acids is 1. The average molecular weight is 225 g/mol. The van der Waals surface area contributed by atoms with Gasteiger partial charge >= 0.3 is 5.97 Å². The lowest BCUT2D eigenvalue weighted by Crippen LogP contribution is -2.42. The van der Waals surface area contributed by atoms with Crippen LogP contribution in [0.15, 0.2) is 0 Å². The van der Waals surface area contributed by atoms with Gasteiger partial charge in [0.05, 0.1) is 5.92 Å². The summed E-state index contributed by atoms with van der Waals surface area (Å²) in [6.07, 6.45) is 4.98. The molecule has 0 radical (unpaired) electrons. The van der Waals surface area contributed by atoms with E-state index in [1.165, 1.54) is 6.42 Å². The standard InChI is InChI=1S/C12H19NO3/c1-8(14)13-5-3-2-4-10(13)6-9-7-11(9)12(15)16/h9-11H,2-7H2,1H3,(H,15,16)/t9-,10?,11-/m1/s1. The van der Waals surface area contributed by atoms with Crippen molar-refractivity contribution in [2.75, 3.05) is 6.54 Å². The number of amides is 1. The van der Waals surface area contributed by atoms with Crippen molar-refractivity contribution in [2.45, 2.75) is 45.1 Å². The largest absolute Gasteiger partial charge is 0.481 e. The maximum Gasteiger partial charge on any atom is 0.306 e. The van der Waals surface area contributed by atoms with Gasteiger partial charge in [0.1, 0.15) is 0 Å². The number of hydrogen-bond acceptors (Lipinski definition) is 2. The van der Waals surface area contributed by atoms with E-state index in [-0.39, 0.29) is 11.8 Å². The Morgan fingerprint density at radius 1 is 1.38 bits per heavy atom. The maximum absolute atomic E-state index is 11.4. The predicted molar refractivity (Wildman–Crippen MR) is 58.9 cm³/mol. The van der Waals surface area contributed by atoms with Gasteiger partial charge in [0.2, 0.25) is 5.91 Å². The molecule has 0 aromatic rings. The molecule has 4 heteroatoms. The van der Waals surface area contributed by atoms with Crippen molar-refractivity contribution in [1.82, 2.24) is 4.90 Å². The van der Waals surface area contributed by atoms with Crippen molar-refractivity contribution in [2.24, 2.45) is 11.8 Å². The highest BCUT2D eigenvalue weighted by atomic mass is 16.4. The van der Waals surface area contributed by atoms with E-state index in [0.717, 1.165) is 32.2 Å². The Labute approximate surface area is 95.6 Å². The summed E-state index contributed by atoms with van der Waals surface area (Å²) >= 11 is 0. The number of carbonyl (C=O) groups is 2. The molecule has 2 aliphatic rings. The van der Waals surface area contributed by atoms with Crippen LogP contribution in [0.1, 0.15) is 39.0 Å². The minimum absolute atomic E-state index is 0.136. The molecule has 90 valence electrons. The first-order valence-electron chi connectivity index (χ1n) is 6.09. The first kappa shape index (κ1) is 11.4. The van der Waals surface area contributed by atoms with Gasteiger partial charge < -0.3 is 10.0 Å². The van der Waals surface area contributed by atoms with E-state index in [4.69, 9.17) is 5.11 Å². The number of carbonyl (C=O) groups excluding carboxylic acids is 1. The molecule has 1 heterocycles. The minimum atomic E-state index is -0.671. The fourth-order valence-electron chi connectivity index (χ4n) is 2.82. The quantitative estimate of drug-likeness (QED) is 0.791. The highest BCUT2D eigenvalue weighted by Gasteiger charge is 2.45. The van der Waals surface area contributed by atoms with Crippen LogP contribution in [0.4, 0.5) is 0 Å². The first-order chi connectivity index (χ1) is 7.59. The van der Waals surface area contributed by atoms with Gasteiger partial charge in [-0.15, -0.1) is 0 Å². The number of likely N-dealkylation sites (tertiary alicyclic amines) is 1. The lowest BCUT2D eigenvalue weighted by Gasteiger charge is -2.35. The van der Waals surface area contributed by atoms with Crippen LogP contribution in [0.5, 0.6) is 0 Å². The zero-order valence-corrected chi connectivity index (χ0v) is 9.69. The Hall–Kier alpha value is -1.06. The lowest BCUT2D eigenvalue weighted by atomic mass is 9.96. The van der Waals surface area contributed by atoms with E-state index < -0.39 is 5.97 Å². The second-order valence-corrected chi connectivity index (χ2v) is 5.04. The van der Waals surface area contributed by atoms with Gasteiger partial charge in [-0.25, -0.2) is 0 Å². The molecule has 2 rings (SSSR count). The summed E-state index contributed by atoms with van der Waals surface area (Å²) in [6.45, 7) is 2.46. The molecule has 16 heavy (non-hydrogen) atoms. The number of carboxylic acid groups (broad SMARTS) is 1. The van der Waals surface area contributed by atoms with Crippen LogP contribution in [-0.2, 0) is 9.59 Å². The Morgan fingerprint density at radius 2 is 2.12 bits per heavy atom. The summed E-state index contributed by atoms with van der Waals surface area (Å²) in [6, 6.07) is 0.292.